The van der Waals surface area contributed by atoms with Crippen LogP contribution < -0.4 is 5.32 Å². The van der Waals surface area contributed by atoms with Gasteiger partial charge in [0.05, 0.1) is 22.6 Å². The highest BCUT2D eigenvalue weighted by Gasteiger charge is 2.14. The average Bonchev–Trinajstić information content (AvgIpc) is 2.66. The summed E-state index contributed by atoms with van der Waals surface area (Å²) >= 11 is 3.37. The van der Waals surface area contributed by atoms with E-state index in [1.54, 1.807) is 30.6 Å². The third-order valence-corrected chi connectivity index (χ3v) is 4.32. The van der Waals surface area contributed by atoms with Gasteiger partial charge in [-0.05, 0) is 42.8 Å². The van der Waals surface area contributed by atoms with Crippen LogP contribution in [0.5, 0.6) is 0 Å². The maximum Gasteiger partial charge on any atom is 0.338 e. The number of amides is 1. The molecule has 0 aliphatic carbocycles. The van der Waals surface area contributed by atoms with Crippen molar-refractivity contribution >= 4 is 38.8 Å². The first-order valence-electron chi connectivity index (χ1n) is 7.95. The van der Waals surface area contributed by atoms with Gasteiger partial charge in [0.1, 0.15) is 0 Å². The van der Waals surface area contributed by atoms with Crippen molar-refractivity contribution in [1.82, 2.24) is 15.3 Å². The number of carbonyl (C=O) groups is 2. The van der Waals surface area contributed by atoms with Crippen LogP contribution in [0.4, 0.5) is 0 Å². The number of hydrogen-bond donors (Lipinski definition) is 1. The van der Waals surface area contributed by atoms with E-state index < -0.39 is 5.97 Å². The van der Waals surface area contributed by atoms with E-state index >= 15 is 0 Å². The monoisotopic (exact) mass is 413 g/mol. The van der Waals surface area contributed by atoms with Gasteiger partial charge in [0, 0.05) is 16.9 Å². The van der Waals surface area contributed by atoms with E-state index in [4.69, 9.17) is 4.74 Å². The Morgan fingerprint density at radius 2 is 1.77 bits per heavy atom. The Bertz CT molecular complexity index is 944. The molecule has 0 unspecified atom stereocenters. The third-order valence-electron chi connectivity index (χ3n) is 3.79. The second-order valence-electron chi connectivity index (χ2n) is 5.68. The third kappa shape index (κ3) is 4.43. The van der Waals surface area contributed by atoms with Crippen LogP contribution in [0.2, 0.25) is 0 Å². The van der Waals surface area contributed by atoms with E-state index in [0.29, 0.717) is 16.6 Å². The van der Waals surface area contributed by atoms with Crippen LogP contribution in [0.1, 0.15) is 28.9 Å². The molecule has 0 radical (unpaired) electrons. The highest BCUT2D eigenvalue weighted by atomic mass is 79.9. The zero-order valence-electron chi connectivity index (χ0n) is 14.0. The molecule has 1 amide bonds. The summed E-state index contributed by atoms with van der Waals surface area (Å²) in [6.07, 6.45) is 3.13. The molecule has 0 aliphatic heterocycles. The van der Waals surface area contributed by atoms with Gasteiger partial charge in [-0.25, -0.2) is 4.79 Å². The van der Waals surface area contributed by atoms with Gasteiger partial charge in [-0.2, -0.15) is 0 Å². The molecule has 7 heteroatoms. The smallest absolute Gasteiger partial charge is 0.338 e. The summed E-state index contributed by atoms with van der Waals surface area (Å²) in [5.74, 6) is -0.946. The average molecular weight is 414 g/mol. The number of benzene rings is 2. The fraction of sp³-hybridized carbons (Fsp3) is 0.158. The van der Waals surface area contributed by atoms with Gasteiger partial charge in [-0.15, -0.1) is 0 Å². The number of carbonyl (C=O) groups excluding carboxylic acids is 2. The molecule has 1 N–H and O–H groups in total. The molecule has 1 atom stereocenters. The number of fused-ring (bicyclic) bond motifs is 1. The lowest BCUT2D eigenvalue weighted by Gasteiger charge is -2.14. The van der Waals surface area contributed by atoms with Crippen LogP contribution >= 0.6 is 15.9 Å². The molecule has 2 aromatic carbocycles. The summed E-state index contributed by atoms with van der Waals surface area (Å²) in [4.78, 5) is 32.4. The molecule has 0 spiro atoms. The maximum atomic E-state index is 12.1. The van der Waals surface area contributed by atoms with E-state index in [1.165, 1.54) is 0 Å². The van der Waals surface area contributed by atoms with Crippen molar-refractivity contribution in [2.75, 3.05) is 6.61 Å². The Morgan fingerprint density at radius 3 is 2.50 bits per heavy atom. The summed E-state index contributed by atoms with van der Waals surface area (Å²) in [7, 11) is 0. The number of rotatable bonds is 5. The van der Waals surface area contributed by atoms with Crippen LogP contribution in [0.25, 0.3) is 11.0 Å². The van der Waals surface area contributed by atoms with Crippen LogP contribution in [0.15, 0.2) is 59.3 Å². The Kier molecular flexibility index (Phi) is 5.58. The highest BCUT2D eigenvalue weighted by molar-refractivity contribution is 9.10. The van der Waals surface area contributed by atoms with Gasteiger partial charge < -0.3 is 10.1 Å². The minimum absolute atomic E-state index is 0.190. The summed E-state index contributed by atoms with van der Waals surface area (Å²) in [5.41, 5.74) is 2.56. The van der Waals surface area contributed by atoms with Crippen molar-refractivity contribution in [3.05, 3.63) is 70.5 Å². The molecule has 0 saturated heterocycles. The minimum atomic E-state index is -0.580. The van der Waals surface area contributed by atoms with Crippen molar-refractivity contribution in [2.24, 2.45) is 0 Å². The number of hydrogen-bond acceptors (Lipinski definition) is 5. The topological polar surface area (TPSA) is 81.2 Å². The Labute approximate surface area is 158 Å². The molecule has 0 aliphatic rings. The van der Waals surface area contributed by atoms with Crippen molar-refractivity contribution in [3.63, 3.8) is 0 Å². The molecule has 1 heterocycles. The molecule has 0 fully saturated rings. The fourth-order valence-electron chi connectivity index (χ4n) is 2.42. The molecule has 1 aromatic heterocycles. The summed E-state index contributed by atoms with van der Waals surface area (Å²) in [5, 5.41) is 2.80. The second-order valence-corrected chi connectivity index (χ2v) is 6.59. The zero-order chi connectivity index (χ0) is 18.5. The lowest BCUT2D eigenvalue weighted by molar-refractivity contribution is -0.124. The van der Waals surface area contributed by atoms with E-state index in [9.17, 15) is 9.59 Å². The second kappa shape index (κ2) is 8.05. The zero-order valence-corrected chi connectivity index (χ0v) is 15.6. The predicted molar refractivity (Wildman–Crippen MR) is 101 cm³/mol. The molecule has 132 valence electrons. The lowest BCUT2D eigenvalue weighted by atomic mass is 10.1. The minimum Gasteiger partial charge on any atom is -0.452 e. The van der Waals surface area contributed by atoms with Gasteiger partial charge in [0.15, 0.2) is 6.61 Å². The standard InChI is InChI=1S/C19H16BrN3O3/c1-12(13-2-5-15(20)6-3-13)23-18(24)11-26-19(25)14-4-7-16-17(10-14)22-9-8-21-16/h2-10,12H,11H2,1H3,(H,23,24)/t12-/m0/s1. The van der Waals surface area contributed by atoms with Crippen LogP contribution in [-0.4, -0.2) is 28.5 Å². The van der Waals surface area contributed by atoms with E-state index in [-0.39, 0.29) is 18.6 Å². The van der Waals surface area contributed by atoms with Gasteiger partial charge in [0.25, 0.3) is 5.91 Å². The van der Waals surface area contributed by atoms with Crippen LogP contribution in [0.3, 0.4) is 0 Å². The first-order valence-corrected chi connectivity index (χ1v) is 8.75. The van der Waals surface area contributed by atoms with Crippen molar-refractivity contribution in [2.45, 2.75) is 13.0 Å². The SMILES string of the molecule is C[C@H](NC(=O)COC(=O)c1ccc2nccnc2c1)c1ccc(Br)cc1. The van der Waals surface area contributed by atoms with Crippen molar-refractivity contribution in [1.29, 1.82) is 0 Å². The summed E-state index contributed by atoms with van der Waals surface area (Å²) in [6, 6.07) is 12.3. The number of nitrogens with zero attached hydrogens (tertiary/aromatic N) is 2. The Hall–Kier alpha value is -2.80. The van der Waals surface area contributed by atoms with Crippen LogP contribution in [-0.2, 0) is 9.53 Å². The summed E-state index contributed by atoms with van der Waals surface area (Å²) < 4.78 is 6.05. The summed E-state index contributed by atoms with van der Waals surface area (Å²) in [6.45, 7) is 1.52. The Morgan fingerprint density at radius 1 is 1.08 bits per heavy atom. The van der Waals surface area contributed by atoms with E-state index in [2.05, 4.69) is 31.2 Å². The van der Waals surface area contributed by atoms with Gasteiger partial charge in [0.2, 0.25) is 0 Å². The molecular weight excluding hydrogens is 398 g/mol. The van der Waals surface area contributed by atoms with Crippen molar-refractivity contribution in [3.8, 4) is 0 Å². The molecule has 3 rings (SSSR count). The number of esters is 1. The number of ether oxygens (including phenoxy) is 1. The van der Waals surface area contributed by atoms with Gasteiger partial charge in [-0.3, -0.25) is 14.8 Å². The lowest BCUT2D eigenvalue weighted by Crippen LogP contribution is -2.31. The first-order chi connectivity index (χ1) is 12.5. The van der Waals surface area contributed by atoms with Gasteiger partial charge >= 0.3 is 5.97 Å². The van der Waals surface area contributed by atoms with E-state index in [1.807, 2.05) is 31.2 Å². The largest absolute Gasteiger partial charge is 0.452 e. The van der Waals surface area contributed by atoms with Crippen molar-refractivity contribution < 1.29 is 14.3 Å². The predicted octanol–water partition coefficient (Wildman–Crippen LogP) is 3.43. The number of halogens is 1. The normalized spacial score (nSPS) is 11.8. The molecule has 0 bridgehead atoms. The number of nitrogens with one attached hydrogen (secondary N) is 1. The highest BCUT2D eigenvalue weighted by Crippen LogP contribution is 2.16. The van der Waals surface area contributed by atoms with Gasteiger partial charge in [-0.1, -0.05) is 28.1 Å². The maximum absolute atomic E-state index is 12.1. The molecule has 0 saturated carbocycles. The molecular formula is C19H16BrN3O3. The number of aromatic nitrogens is 2. The quantitative estimate of drug-likeness (QED) is 0.647. The Balaban J connectivity index is 1.56. The van der Waals surface area contributed by atoms with E-state index in [0.717, 1.165) is 10.0 Å². The fourth-order valence-corrected chi connectivity index (χ4v) is 2.69. The van der Waals surface area contributed by atoms with Crippen LogP contribution in [0, 0.1) is 0 Å². The molecule has 3 aromatic rings. The first kappa shape index (κ1) is 18.0. The molecule has 6 nitrogen and oxygen atoms in total. The molecule has 26 heavy (non-hydrogen) atoms.